The van der Waals surface area contributed by atoms with E-state index in [1.807, 2.05) is 0 Å². The van der Waals surface area contributed by atoms with Crippen LogP contribution in [-0.2, 0) is 9.59 Å². The molecule has 0 aromatic heterocycles. The number of nitrogens with zero attached hydrogens (tertiary/aromatic N) is 3. The summed E-state index contributed by atoms with van der Waals surface area (Å²) < 4.78 is 37.1. The number of halogens is 3. The molecule has 0 spiro atoms. The zero-order valence-corrected chi connectivity index (χ0v) is 9.68. The molecule has 0 radical (unpaired) electrons. The maximum Gasteiger partial charge on any atom is 0.433 e. The molecular weight excluding hydrogens is 279 g/mol. The SMILES string of the molecule is O=C(O)C1=CC(=C2C=NC(C(F)(F)F)=CC2)N=NC1=O. The van der Waals surface area contributed by atoms with E-state index in [9.17, 15) is 22.8 Å². The van der Waals surface area contributed by atoms with Crippen molar-refractivity contribution in [1.29, 1.82) is 0 Å². The number of aliphatic carboxylic acids is 1. The van der Waals surface area contributed by atoms with Gasteiger partial charge in [0.15, 0.2) is 0 Å². The molecule has 2 heterocycles. The summed E-state index contributed by atoms with van der Waals surface area (Å²) in [5, 5.41) is 15.4. The monoisotopic (exact) mass is 285 g/mol. The highest BCUT2D eigenvalue weighted by Gasteiger charge is 2.34. The van der Waals surface area contributed by atoms with Crippen molar-refractivity contribution in [2.24, 2.45) is 15.2 Å². The Hall–Kier alpha value is -2.58. The third-order valence-corrected chi connectivity index (χ3v) is 2.48. The van der Waals surface area contributed by atoms with Gasteiger partial charge in [-0.05, 0) is 18.6 Å². The van der Waals surface area contributed by atoms with E-state index >= 15 is 0 Å². The van der Waals surface area contributed by atoms with Crippen LogP contribution in [0.2, 0.25) is 0 Å². The summed E-state index contributed by atoms with van der Waals surface area (Å²) in [5.74, 6) is -2.49. The molecule has 0 atom stereocenters. The fraction of sp³-hybridized carbons (Fsp3) is 0.182. The van der Waals surface area contributed by atoms with Crippen LogP contribution < -0.4 is 0 Å². The number of carboxylic acids is 1. The number of carbonyl (C=O) groups is 2. The van der Waals surface area contributed by atoms with E-state index in [0.29, 0.717) is 0 Å². The lowest BCUT2D eigenvalue weighted by atomic mass is 10.1. The first-order chi connectivity index (χ1) is 9.29. The number of hydrogen-bond acceptors (Lipinski definition) is 4. The van der Waals surface area contributed by atoms with Crippen molar-refractivity contribution in [2.75, 3.05) is 0 Å². The first-order valence-electron chi connectivity index (χ1n) is 5.24. The highest BCUT2D eigenvalue weighted by molar-refractivity contribution is 6.16. The Morgan fingerprint density at radius 3 is 2.50 bits per heavy atom. The molecule has 0 fully saturated rings. The lowest BCUT2D eigenvalue weighted by Crippen LogP contribution is -2.15. The van der Waals surface area contributed by atoms with Crippen molar-refractivity contribution in [3.8, 4) is 0 Å². The molecule has 20 heavy (non-hydrogen) atoms. The van der Waals surface area contributed by atoms with E-state index in [4.69, 9.17) is 5.11 Å². The van der Waals surface area contributed by atoms with Gasteiger partial charge in [0.25, 0.3) is 0 Å². The Morgan fingerprint density at radius 1 is 1.30 bits per heavy atom. The van der Waals surface area contributed by atoms with Crippen molar-refractivity contribution < 1.29 is 27.9 Å². The summed E-state index contributed by atoms with van der Waals surface area (Å²) in [5.41, 5.74) is -1.38. The van der Waals surface area contributed by atoms with Gasteiger partial charge < -0.3 is 5.11 Å². The summed E-state index contributed by atoms with van der Waals surface area (Å²) in [6.07, 6.45) is -1.93. The molecule has 1 amide bonds. The van der Waals surface area contributed by atoms with Crippen molar-refractivity contribution in [3.05, 3.63) is 34.7 Å². The van der Waals surface area contributed by atoms with Crippen molar-refractivity contribution in [3.63, 3.8) is 0 Å². The van der Waals surface area contributed by atoms with Crippen LogP contribution >= 0.6 is 0 Å². The fourth-order valence-electron chi connectivity index (χ4n) is 1.51. The normalized spacial score (nSPS) is 22.6. The van der Waals surface area contributed by atoms with Crippen LogP contribution in [0.25, 0.3) is 0 Å². The molecule has 9 heteroatoms. The molecule has 1 N–H and O–H groups in total. The number of rotatable bonds is 1. The highest BCUT2D eigenvalue weighted by Crippen LogP contribution is 2.30. The molecule has 6 nitrogen and oxygen atoms in total. The second-order valence-electron chi connectivity index (χ2n) is 3.83. The number of allylic oxidation sites excluding steroid dienone is 4. The van der Waals surface area contributed by atoms with Crippen molar-refractivity contribution >= 4 is 18.1 Å². The van der Waals surface area contributed by atoms with Gasteiger partial charge in [0.05, 0.1) is 5.70 Å². The number of carbonyl (C=O) groups excluding carboxylic acids is 1. The smallest absolute Gasteiger partial charge is 0.433 e. The standard InChI is InChI=1S/C11H6F3N3O3/c12-11(13,14)8-2-1-5(4-15-8)7-3-6(10(19)20)9(18)17-16-7/h2-4H,1H2,(H,19,20). The minimum atomic E-state index is -4.54. The zero-order chi connectivity index (χ0) is 14.9. The van der Waals surface area contributed by atoms with Crippen LogP contribution in [0, 0.1) is 0 Å². The van der Waals surface area contributed by atoms with E-state index in [1.54, 1.807) is 0 Å². The van der Waals surface area contributed by atoms with Crippen molar-refractivity contribution in [1.82, 2.24) is 0 Å². The largest absolute Gasteiger partial charge is 0.477 e. The van der Waals surface area contributed by atoms with Crippen molar-refractivity contribution in [2.45, 2.75) is 12.6 Å². The number of amides is 1. The minimum Gasteiger partial charge on any atom is -0.477 e. The van der Waals surface area contributed by atoms with Gasteiger partial charge in [0.2, 0.25) is 0 Å². The van der Waals surface area contributed by atoms with Crippen LogP contribution in [0.1, 0.15) is 6.42 Å². The highest BCUT2D eigenvalue weighted by atomic mass is 19.4. The Morgan fingerprint density at radius 2 is 2.00 bits per heavy atom. The number of hydrogen-bond donors (Lipinski definition) is 1. The molecule has 0 unspecified atom stereocenters. The summed E-state index contributed by atoms with van der Waals surface area (Å²) >= 11 is 0. The number of azo groups is 1. The number of carboxylic acid groups (broad SMARTS) is 1. The summed E-state index contributed by atoms with van der Waals surface area (Å²) in [4.78, 5) is 25.1. The van der Waals surface area contributed by atoms with Gasteiger partial charge in [-0.15, -0.1) is 10.2 Å². The molecule has 0 saturated carbocycles. The van der Waals surface area contributed by atoms with E-state index in [0.717, 1.165) is 18.4 Å². The molecule has 0 aromatic carbocycles. The maximum atomic E-state index is 12.4. The summed E-state index contributed by atoms with van der Waals surface area (Å²) in [6, 6.07) is 0. The molecule has 0 bridgehead atoms. The van der Waals surface area contributed by atoms with Crippen LogP contribution in [0.5, 0.6) is 0 Å². The van der Waals surface area contributed by atoms with E-state index in [2.05, 4.69) is 15.2 Å². The summed E-state index contributed by atoms with van der Waals surface area (Å²) in [7, 11) is 0. The lowest BCUT2D eigenvalue weighted by molar-refractivity contribution is -0.134. The van der Waals surface area contributed by atoms with Gasteiger partial charge >= 0.3 is 18.1 Å². The second-order valence-corrected chi connectivity index (χ2v) is 3.83. The van der Waals surface area contributed by atoms with Gasteiger partial charge in [-0.3, -0.25) is 9.79 Å². The van der Waals surface area contributed by atoms with E-state index in [1.165, 1.54) is 0 Å². The lowest BCUT2D eigenvalue weighted by Gasteiger charge is -2.13. The van der Waals surface area contributed by atoms with Gasteiger partial charge in [0.1, 0.15) is 11.3 Å². The Labute approximate surface area is 109 Å². The molecule has 104 valence electrons. The third kappa shape index (κ3) is 2.71. The minimum absolute atomic E-state index is 0.00299. The molecule has 0 aliphatic carbocycles. The Bertz CT molecular complexity index is 639. The van der Waals surface area contributed by atoms with Crippen LogP contribution in [0.15, 0.2) is 49.9 Å². The van der Waals surface area contributed by atoms with Crippen LogP contribution in [0.3, 0.4) is 0 Å². The molecular formula is C11H6F3N3O3. The first-order valence-corrected chi connectivity index (χ1v) is 5.24. The molecule has 2 aliphatic heterocycles. The number of alkyl halides is 3. The summed E-state index contributed by atoms with van der Waals surface area (Å²) in [6.45, 7) is 0. The van der Waals surface area contributed by atoms with Gasteiger partial charge in [-0.25, -0.2) is 4.79 Å². The van der Waals surface area contributed by atoms with Gasteiger partial charge in [0, 0.05) is 11.8 Å². The second kappa shape index (κ2) is 4.83. The predicted octanol–water partition coefficient (Wildman–Crippen LogP) is 2.16. The third-order valence-electron chi connectivity index (χ3n) is 2.48. The quantitative estimate of drug-likeness (QED) is 0.748. The maximum absolute atomic E-state index is 12.4. The topological polar surface area (TPSA) is 91.4 Å². The fourth-order valence-corrected chi connectivity index (χ4v) is 1.51. The molecule has 0 aromatic rings. The van der Waals surface area contributed by atoms with Gasteiger partial charge in [-0.1, -0.05) is 0 Å². The Balaban J connectivity index is 2.32. The first kappa shape index (κ1) is 13.8. The van der Waals surface area contributed by atoms with Crippen LogP contribution in [0.4, 0.5) is 13.2 Å². The van der Waals surface area contributed by atoms with Crippen LogP contribution in [-0.4, -0.2) is 29.4 Å². The van der Waals surface area contributed by atoms with E-state index < -0.39 is 29.3 Å². The van der Waals surface area contributed by atoms with E-state index in [-0.39, 0.29) is 17.7 Å². The number of aliphatic imine (C=N–C) groups is 1. The average Bonchev–Trinajstić information content (AvgIpc) is 2.38. The van der Waals surface area contributed by atoms with Gasteiger partial charge in [-0.2, -0.15) is 13.2 Å². The average molecular weight is 285 g/mol. The molecule has 0 saturated heterocycles. The predicted molar refractivity (Wildman–Crippen MR) is 59.9 cm³/mol. The zero-order valence-electron chi connectivity index (χ0n) is 9.68. The molecule has 2 aliphatic rings. The molecule has 2 rings (SSSR count). The Kier molecular flexibility index (Phi) is 3.35.